The first-order chi connectivity index (χ1) is 12.5. The van der Waals surface area contributed by atoms with E-state index in [9.17, 15) is 4.79 Å². The number of methoxy groups -OCH3 is 2. The number of allylic oxidation sites excluding steroid dienone is 3. The van der Waals surface area contributed by atoms with Crippen LogP contribution in [0.4, 0.5) is 0 Å². The van der Waals surface area contributed by atoms with Crippen molar-refractivity contribution in [3.8, 4) is 17.2 Å². The van der Waals surface area contributed by atoms with E-state index < -0.39 is 5.63 Å². The van der Waals surface area contributed by atoms with Crippen LogP contribution in [0.25, 0.3) is 11.0 Å². The molecule has 5 heteroatoms. The van der Waals surface area contributed by atoms with Gasteiger partial charge in [-0.05, 0) is 51.8 Å². The molecule has 5 nitrogen and oxygen atoms in total. The summed E-state index contributed by atoms with van der Waals surface area (Å²) in [4.78, 5) is 12.2. The highest BCUT2D eigenvalue weighted by Crippen LogP contribution is 2.36. The van der Waals surface area contributed by atoms with Crippen LogP contribution in [0.2, 0.25) is 0 Å². The molecule has 0 N–H and O–H groups in total. The maximum absolute atomic E-state index is 12.2. The second-order valence-electron chi connectivity index (χ2n) is 6.27. The Hall–Kier alpha value is -2.69. The van der Waals surface area contributed by atoms with Crippen LogP contribution in [0.5, 0.6) is 17.2 Å². The Bertz CT molecular complexity index is 870. The lowest BCUT2D eigenvalue weighted by molar-refractivity contribution is 0.314. The standard InChI is InChI=1S/C21H26O5/c1-14(2)8-6-9-15(3)12-13-25-19-16-10-7-11-17(23-4)18(16)26-21(22)20(19)24-5/h7-8,10-12H,6,9,13H2,1-5H3. The van der Waals surface area contributed by atoms with Crippen LogP contribution < -0.4 is 19.8 Å². The first kappa shape index (κ1) is 19.6. The molecule has 1 heterocycles. The Morgan fingerprint density at radius 1 is 1.08 bits per heavy atom. The number of rotatable bonds is 8. The van der Waals surface area contributed by atoms with Crippen LogP contribution in [-0.2, 0) is 0 Å². The molecule has 0 saturated heterocycles. The Morgan fingerprint density at radius 3 is 2.50 bits per heavy atom. The summed E-state index contributed by atoms with van der Waals surface area (Å²) < 4.78 is 21.7. The highest BCUT2D eigenvalue weighted by atomic mass is 16.5. The maximum Gasteiger partial charge on any atom is 0.383 e. The molecule has 0 radical (unpaired) electrons. The smallest absolute Gasteiger partial charge is 0.383 e. The van der Waals surface area contributed by atoms with Crippen LogP contribution >= 0.6 is 0 Å². The van der Waals surface area contributed by atoms with Gasteiger partial charge in [0.25, 0.3) is 0 Å². The summed E-state index contributed by atoms with van der Waals surface area (Å²) in [7, 11) is 2.95. The Labute approximate surface area is 153 Å². The van der Waals surface area contributed by atoms with Crippen molar-refractivity contribution < 1.29 is 18.6 Å². The molecule has 0 unspecified atom stereocenters. The molecular formula is C21H26O5. The van der Waals surface area contributed by atoms with Gasteiger partial charge < -0.3 is 18.6 Å². The Balaban J connectivity index is 2.28. The highest BCUT2D eigenvalue weighted by molar-refractivity contribution is 5.89. The van der Waals surface area contributed by atoms with E-state index in [2.05, 4.69) is 26.8 Å². The molecule has 0 saturated carbocycles. The van der Waals surface area contributed by atoms with E-state index in [0.717, 1.165) is 12.8 Å². The third kappa shape index (κ3) is 4.69. The van der Waals surface area contributed by atoms with Gasteiger partial charge in [0.2, 0.25) is 5.75 Å². The van der Waals surface area contributed by atoms with E-state index in [4.69, 9.17) is 18.6 Å². The fraction of sp³-hybridized carbons (Fsp3) is 0.381. The van der Waals surface area contributed by atoms with Gasteiger partial charge in [-0.3, -0.25) is 0 Å². The quantitative estimate of drug-likeness (QED) is 0.497. The first-order valence-electron chi connectivity index (χ1n) is 8.57. The number of hydrogen-bond donors (Lipinski definition) is 0. The van der Waals surface area contributed by atoms with Gasteiger partial charge in [0.15, 0.2) is 17.1 Å². The number of hydrogen-bond acceptors (Lipinski definition) is 5. The zero-order chi connectivity index (χ0) is 19.1. The van der Waals surface area contributed by atoms with Crippen LogP contribution in [0.3, 0.4) is 0 Å². The lowest BCUT2D eigenvalue weighted by Crippen LogP contribution is -2.08. The topological polar surface area (TPSA) is 57.9 Å². The van der Waals surface area contributed by atoms with Crippen molar-refractivity contribution in [2.75, 3.05) is 20.8 Å². The lowest BCUT2D eigenvalue weighted by Gasteiger charge is -2.12. The summed E-state index contributed by atoms with van der Waals surface area (Å²) in [6, 6.07) is 5.35. The average molecular weight is 358 g/mol. The maximum atomic E-state index is 12.2. The fourth-order valence-electron chi connectivity index (χ4n) is 2.59. The molecule has 0 bridgehead atoms. The van der Waals surface area contributed by atoms with Crippen LogP contribution in [0, 0.1) is 0 Å². The molecule has 0 aliphatic carbocycles. The van der Waals surface area contributed by atoms with Crippen molar-refractivity contribution in [2.45, 2.75) is 33.6 Å². The van der Waals surface area contributed by atoms with Gasteiger partial charge in [0.1, 0.15) is 6.61 Å². The summed E-state index contributed by atoms with van der Waals surface area (Å²) in [5, 5.41) is 0.636. The second kappa shape index (κ2) is 9.13. The third-order valence-electron chi connectivity index (χ3n) is 3.98. The molecule has 0 amide bonds. The molecule has 1 aromatic carbocycles. The molecular weight excluding hydrogens is 332 g/mol. The van der Waals surface area contributed by atoms with E-state index >= 15 is 0 Å². The van der Waals surface area contributed by atoms with Crippen LogP contribution in [0.1, 0.15) is 33.6 Å². The van der Waals surface area contributed by atoms with Crippen LogP contribution in [-0.4, -0.2) is 20.8 Å². The number of para-hydroxylation sites is 1. The highest BCUT2D eigenvalue weighted by Gasteiger charge is 2.18. The minimum absolute atomic E-state index is 0.0568. The van der Waals surface area contributed by atoms with Gasteiger partial charge in [-0.1, -0.05) is 23.3 Å². The molecule has 2 rings (SSSR count). The number of ether oxygens (including phenoxy) is 3. The molecule has 140 valence electrons. The summed E-state index contributed by atoms with van der Waals surface area (Å²) in [6.07, 6.45) is 6.20. The Morgan fingerprint density at radius 2 is 1.85 bits per heavy atom. The van der Waals surface area contributed by atoms with E-state index in [-0.39, 0.29) is 5.75 Å². The summed E-state index contributed by atoms with van der Waals surface area (Å²) in [5.74, 6) is 0.896. The molecule has 0 atom stereocenters. The monoisotopic (exact) mass is 358 g/mol. The van der Waals surface area contributed by atoms with Gasteiger partial charge in [-0.15, -0.1) is 0 Å². The predicted octanol–water partition coefficient (Wildman–Crippen LogP) is 4.88. The SMILES string of the molecule is COc1c(OCC=C(C)CCC=C(C)C)c2cccc(OC)c2oc1=O. The van der Waals surface area contributed by atoms with Crippen molar-refractivity contribution in [1.82, 2.24) is 0 Å². The van der Waals surface area contributed by atoms with E-state index in [0.29, 0.717) is 29.1 Å². The summed E-state index contributed by atoms with van der Waals surface area (Å²) in [5.41, 5.74) is 2.30. The van der Waals surface area contributed by atoms with E-state index in [1.165, 1.54) is 25.4 Å². The molecule has 0 aliphatic rings. The molecule has 26 heavy (non-hydrogen) atoms. The number of fused-ring (bicyclic) bond motifs is 1. The van der Waals surface area contributed by atoms with Crippen molar-refractivity contribution in [3.63, 3.8) is 0 Å². The van der Waals surface area contributed by atoms with Crippen molar-refractivity contribution in [2.24, 2.45) is 0 Å². The lowest BCUT2D eigenvalue weighted by atomic mass is 10.1. The average Bonchev–Trinajstić information content (AvgIpc) is 2.60. The minimum Gasteiger partial charge on any atom is -0.493 e. The third-order valence-corrected chi connectivity index (χ3v) is 3.98. The molecule has 2 aromatic rings. The molecule has 1 aromatic heterocycles. The zero-order valence-corrected chi connectivity index (χ0v) is 16.0. The van der Waals surface area contributed by atoms with Crippen molar-refractivity contribution in [1.29, 1.82) is 0 Å². The molecule has 0 spiro atoms. The van der Waals surface area contributed by atoms with Gasteiger partial charge in [-0.25, -0.2) is 4.79 Å². The molecule has 0 fully saturated rings. The molecule has 0 aliphatic heterocycles. The van der Waals surface area contributed by atoms with Gasteiger partial charge >= 0.3 is 5.63 Å². The van der Waals surface area contributed by atoms with Crippen LogP contribution in [0.15, 0.2) is 50.7 Å². The van der Waals surface area contributed by atoms with Gasteiger partial charge in [0, 0.05) is 0 Å². The largest absolute Gasteiger partial charge is 0.493 e. The summed E-state index contributed by atoms with van der Waals surface area (Å²) in [6.45, 7) is 6.59. The predicted molar refractivity (Wildman–Crippen MR) is 104 cm³/mol. The second-order valence-corrected chi connectivity index (χ2v) is 6.27. The van der Waals surface area contributed by atoms with Gasteiger partial charge in [-0.2, -0.15) is 0 Å². The van der Waals surface area contributed by atoms with Crippen molar-refractivity contribution >= 4 is 11.0 Å². The van der Waals surface area contributed by atoms with E-state index in [1.54, 1.807) is 6.07 Å². The van der Waals surface area contributed by atoms with E-state index in [1.807, 2.05) is 18.2 Å². The van der Waals surface area contributed by atoms with Crippen molar-refractivity contribution in [3.05, 3.63) is 51.9 Å². The summed E-state index contributed by atoms with van der Waals surface area (Å²) >= 11 is 0. The normalized spacial score (nSPS) is 11.3. The number of benzene rings is 1. The fourth-order valence-corrected chi connectivity index (χ4v) is 2.59. The first-order valence-corrected chi connectivity index (χ1v) is 8.57. The Kier molecular flexibility index (Phi) is 6.89. The minimum atomic E-state index is -0.594. The van der Waals surface area contributed by atoms with Gasteiger partial charge in [0.05, 0.1) is 19.6 Å². The zero-order valence-electron chi connectivity index (χ0n) is 16.0.